The molecule has 6 nitrogen and oxygen atoms in total. The first-order valence-corrected chi connectivity index (χ1v) is 12.6. The van der Waals surface area contributed by atoms with Crippen LogP contribution in [0.2, 0.25) is 0 Å². The molecule has 0 aliphatic carbocycles. The predicted octanol–water partition coefficient (Wildman–Crippen LogP) is 6.19. The van der Waals surface area contributed by atoms with E-state index in [0.717, 1.165) is 11.1 Å². The van der Waals surface area contributed by atoms with Gasteiger partial charge in [-0.2, -0.15) is 0 Å². The van der Waals surface area contributed by atoms with Gasteiger partial charge < -0.3 is 19.5 Å². The van der Waals surface area contributed by atoms with Crippen LogP contribution in [0.25, 0.3) is 5.76 Å². The van der Waals surface area contributed by atoms with Gasteiger partial charge in [0.25, 0.3) is 11.7 Å². The van der Waals surface area contributed by atoms with E-state index in [4.69, 9.17) is 9.47 Å². The van der Waals surface area contributed by atoms with Crippen LogP contribution in [0.15, 0.2) is 78.4 Å². The van der Waals surface area contributed by atoms with Gasteiger partial charge in [0.2, 0.25) is 0 Å². The molecule has 1 heterocycles. The second-order valence-electron chi connectivity index (χ2n) is 9.49. The van der Waals surface area contributed by atoms with E-state index in [2.05, 4.69) is 0 Å². The van der Waals surface area contributed by atoms with Gasteiger partial charge in [-0.3, -0.25) is 9.59 Å². The summed E-state index contributed by atoms with van der Waals surface area (Å²) in [6, 6.07) is 21.8. The molecule has 192 valence electrons. The molecule has 0 radical (unpaired) electrons. The van der Waals surface area contributed by atoms with Crippen LogP contribution < -0.4 is 9.47 Å². The van der Waals surface area contributed by atoms with Crippen LogP contribution in [0.1, 0.15) is 55.5 Å². The van der Waals surface area contributed by atoms with E-state index in [-0.39, 0.29) is 17.4 Å². The molecule has 0 bridgehead atoms. The van der Waals surface area contributed by atoms with E-state index in [1.165, 1.54) is 4.90 Å². The van der Waals surface area contributed by atoms with E-state index in [9.17, 15) is 14.7 Å². The van der Waals surface area contributed by atoms with Crippen molar-refractivity contribution in [2.24, 2.45) is 0 Å². The minimum absolute atomic E-state index is 0.0251. The van der Waals surface area contributed by atoms with Gasteiger partial charge in [-0.05, 0) is 74.2 Å². The van der Waals surface area contributed by atoms with Crippen LogP contribution in [0, 0.1) is 6.92 Å². The van der Waals surface area contributed by atoms with Gasteiger partial charge in [0, 0.05) is 12.1 Å². The van der Waals surface area contributed by atoms with E-state index in [1.807, 2.05) is 82.3 Å². The molecule has 3 aromatic carbocycles. The molecule has 1 N–H and O–H groups in total. The van der Waals surface area contributed by atoms with Gasteiger partial charge >= 0.3 is 0 Å². The van der Waals surface area contributed by atoms with Crippen molar-refractivity contribution in [3.05, 3.63) is 101 Å². The quantitative estimate of drug-likeness (QED) is 0.216. The maximum absolute atomic E-state index is 13.2. The first-order chi connectivity index (χ1) is 17.8. The summed E-state index contributed by atoms with van der Waals surface area (Å²) in [5.74, 6) is -0.168. The third-order valence-electron chi connectivity index (χ3n) is 6.24. The lowest BCUT2D eigenvalue weighted by Crippen LogP contribution is -2.30. The highest BCUT2D eigenvalue weighted by molar-refractivity contribution is 6.46. The fourth-order valence-electron chi connectivity index (χ4n) is 4.58. The van der Waals surface area contributed by atoms with Crippen LogP contribution in [0.5, 0.6) is 11.5 Å². The lowest BCUT2D eigenvalue weighted by molar-refractivity contribution is -0.139. The predicted molar refractivity (Wildman–Crippen MR) is 143 cm³/mol. The standard InChI is InChI=1S/C31H33NO5/c1-5-16-32-28(23-12-9-13-25(18-23)37-20(2)3)27(30(34)31(32)35)29(33)24-14-15-26(21(4)17-24)36-19-22-10-7-6-8-11-22/h6-15,17-18,20,28,33H,5,16,19H2,1-4H3/b29-27+. The topological polar surface area (TPSA) is 76.1 Å². The molecule has 1 aliphatic heterocycles. The molecule has 1 fully saturated rings. The molecule has 6 heteroatoms. The van der Waals surface area contributed by atoms with Crippen LogP contribution in [-0.4, -0.2) is 34.3 Å². The van der Waals surface area contributed by atoms with E-state index < -0.39 is 17.7 Å². The highest BCUT2D eigenvalue weighted by atomic mass is 16.5. The number of Topliss-reactive ketones (excluding diaryl/α,β-unsaturated/α-hetero) is 1. The van der Waals surface area contributed by atoms with Crippen molar-refractivity contribution < 1.29 is 24.2 Å². The molecular weight excluding hydrogens is 466 g/mol. The van der Waals surface area contributed by atoms with Gasteiger partial charge in [0.15, 0.2) is 0 Å². The largest absolute Gasteiger partial charge is 0.507 e. The minimum Gasteiger partial charge on any atom is -0.507 e. The van der Waals surface area contributed by atoms with Crippen LogP contribution in [-0.2, 0) is 16.2 Å². The fourth-order valence-corrected chi connectivity index (χ4v) is 4.58. The summed E-state index contributed by atoms with van der Waals surface area (Å²) in [4.78, 5) is 27.7. The number of aliphatic hydroxyl groups excluding tert-OH is 1. The summed E-state index contributed by atoms with van der Waals surface area (Å²) in [6.07, 6.45) is 0.654. The Morgan fingerprint density at radius 2 is 1.76 bits per heavy atom. The van der Waals surface area contributed by atoms with Gasteiger partial charge in [0.1, 0.15) is 23.9 Å². The van der Waals surface area contributed by atoms with Crippen LogP contribution >= 0.6 is 0 Å². The number of nitrogens with zero attached hydrogens (tertiary/aromatic N) is 1. The zero-order chi connectivity index (χ0) is 26.5. The van der Waals surface area contributed by atoms with Crippen molar-refractivity contribution in [2.75, 3.05) is 6.54 Å². The second kappa shape index (κ2) is 11.3. The summed E-state index contributed by atoms with van der Waals surface area (Å²) in [5.41, 5.74) is 3.11. The summed E-state index contributed by atoms with van der Waals surface area (Å²) >= 11 is 0. The fraction of sp³-hybridized carbons (Fsp3) is 0.290. The molecule has 1 unspecified atom stereocenters. The Balaban J connectivity index is 1.71. The zero-order valence-corrected chi connectivity index (χ0v) is 21.7. The van der Waals surface area contributed by atoms with Crippen molar-refractivity contribution >= 4 is 17.4 Å². The summed E-state index contributed by atoms with van der Waals surface area (Å²) in [6.45, 7) is 8.52. The summed E-state index contributed by atoms with van der Waals surface area (Å²) in [7, 11) is 0. The maximum atomic E-state index is 13.2. The number of hydrogen-bond acceptors (Lipinski definition) is 5. The first kappa shape index (κ1) is 26.0. The Labute approximate surface area is 218 Å². The number of ketones is 1. The lowest BCUT2D eigenvalue weighted by atomic mass is 9.94. The number of carbonyl (C=O) groups excluding carboxylic acids is 2. The Morgan fingerprint density at radius 1 is 1.00 bits per heavy atom. The van der Waals surface area contributed by atoms with Crippen LogP contribution in [0.3, 0.4) is 0 Å². The van der Waals surface area contributed by atoms with Crippen LogP contribution in [0.4, 0.5) is 0 Å². The van der Waals surface area contributed by atoms with Gasteiger partial charge in [-0.25, -0.2) is 0 Å². The minimum atomic E-state index is -0.704. The molecule has 1 aliphatic rings. The molecule has 37 heavy (non-hydrogen) atoms. The average Bonchev–Trinajstić information content (AvgIpc) is 3.13. The maximum Gasteiger partial charge on any atom is 0.295 e. The SMILES string of the molecule is CCCN1C(=O)C(=O)/C(=C(/O)c2ccc(OCc3ccccc3)c(C)c2)C1c1cccc(OC(C)C)c1. The van der Waals surface area contributed by atoms with Crippen molar-refractivity contribution in [2.45, 2.75) is 52.9 Å². The molecule has 4 rings (SSSR count). The first-order valence-electron chi connectivity index (χ1n) is 12.6. The normalized spacial score (nSPS) is 16.9. The number of benzene rings is 3. The van der Waals surface area contributed by atoms with Crippen molar-refractivity contribution in [3.63, 3.8) is 0 Å². The smallest absolute Gasteiger partial charge is 0.295 e. The second-order valence-corrected chi connectivity index (χ2v) is 9.49. The number of aliphatic hydroxyl groups is 1. The number of ether oxygens (including phenoxy) is 2. The number of rotatable bonds is 9. The number of amides is 1. The molecule has 0 spiro atoms. The Hall–Kier alpha value is -4.06. The average molecular weight is 500 g/mol. The van der Waals surface area contributed by atoms with E-state index in [0.29, 0.717) is 42.2 Å². The van der Waals surface area contributed by atoms with Crippen molar-refractivity contribution in [1.29, 1.82) is 0 Å². The molecule has 1 saturated heterocycles. The Morgan fingerprint density at radius 3 is 2.43 bits per heavy atom. The highest BCUT2D eigenvalue weighted by Crippen LogP contribution is 2.40. The van der Waals surface area contributed by atoms with Gasteiger partial charge in [-0.1, -0.05) is 49.4 Å². The molecule has 0 aromatic heterocycles. The third-order valence-corrected chi connectivity index (χ3v) is 6.24. The van der Waals surface area contributed by atoms with E-state index >= 15 is 0 Å². The number of likely N-dealkylation sites (tertiary alicyclic amines) is 1. The summed E-state index contributed by atoms with van der Waals surface area (Å²) in [5, 5.41) is 11.4. The Bertz CT molecular complexity index is 1310. The monoisotopic (exact) mass is 499 g/mol. The lowest BCUT2D eigenvalue weighted by Gasteiger charge is -2.25. The molecule has 1 amide bonds. The highest BCUT2D eigenvalue weighted by Gasteiger charge is 2.45. The van der Waals surface area contributed by atoms with Gasteiger partial charge in [0.05, 0.1) is 17.7 Å². The molecule has 1 atom stereocenters. The molecular formula is C31H33NO5. The van der Waals surface area contributed by atoms with Gasteiger partial charge in [-0.15, -0.1) is 0 Å². The zero-order valence-electron chi connectivity index (χ0n) is 21.7. The number of aryl methyl sites for hydroxylation is 1. The van der Waals surface area contributed by atoms with E-state index in [1.54, 1.807) is 18.2 Å². The Kier molecular flexibility index (Phi) is 7.97. The van der Waals surface area contributed by atoms with Crippen molar-refractivity contribution in [1.82, 2.24) is 4.90 Å². The third kappa shape index (κ3) is 5.69. The summed E-state index contributed by atoms with van der Waals surface area (Å²) < 4.78 is 11.8. The number of carbonyl (C=O) groups is 2. The number of hydrogen-bond donors (Lipinski definition) is 1. The van der Waals surface area contributed by atoms with Crippen molar-refractivity contribution in [3.8, 4) is 11.5 Å². The molecule has 0 saturated carbocycles. The molecule has 3 aromatic rings.